The second kappa shape index (κ2) is 7.50. The van der Waals surface area contributed by atoms with Crippen molar-refractivity contribution in [2.45, 2.75) is 13.8 Å². The van der Waals surface area contributed by atoms with E-state index in [0.29, 0.717) is 11.8 Å². The molecular weight excluding hydrogens is 192 g/mol. The molecule has 0 heterocycles. The molecule has 3 nitrogen and oxygen atoms in total. The van der Waals surface area contributed by atoms with Crippen molar-refractivity contribution in [3.05, 3.63) is 42.5 Å². The summed E-state index contributed by atoms with van der Waals surface area (Å²) in [6.07, 6.45) is 1.67. The maximum Gasteiger partial charge on any atom is 0.335 e. The molecule has 0 aromatic heterocycles. The molecule has 0 N–H and O–H groups in total. The van der Waals surface area contributed by atoms with Crippen LogP contribution in [0.5, 0.6) is 5.75 Å². The molecule has 0 saturated heterocycles. The van der Waals surface area contributed by atoms with Gasteiger partial charge in [0, 0.05) is 6.08 Å². The second-order valence-corrected chi connectivity index (χ2v) is 2.28. The largest absolute Gasteiger partial charge is 0.423 e. The summed E-state index contributed by atoms with van der Waals surface area (Å²) in [4.78, 5) is 21.3. The molecule has 1 rings (SSSR count). The summed E-state index contributed by atoms with van der Waals surface area (Å²) in [5.74, 6) is -0.322. The summed E-state index contributed by atoms with van der Waals surface area (Å²) in [5.41, 5.74) is 0.345. The van der Waals surface area contributed by atoms with Crippen LogP contribution in [0.3, 0.4) is 0 Å². The lowest BCUT2D eigenvalue weighted by atomic mass is 10.2. The lowest BCUT2D eigenvalue weighted by Gasteiger charge is -2.02. The van der Waals surface area contributed by atoms with Gasteiger partial charge in [0.15, 0.2) is 6.29 Å². The molecule has 0 radical (unpaired) electrons. The Morgan fingerprint density at radius 1 is 1.33 bits per heavy atom. The first kappa shape index (κ1) is 13.1. The highest BCUT2D eigenvalue weighted by Gasteiger charge is 2.04. The van der Waals surface area contributed by atoms with Gasteiger partial charge < -0.3 is 4.74 Å². The normalized spacial score (nSPS) is 8.13. The molecule has 3 heteroatoms. The number of benzene rings is 1. The Hall–Kier alpha value is -1.90. The zero-order chi connectivity index (χ0) is 11.7. The topological polar surface area (TPSA) is 43.4 Å². The van der Waals surface area contributed by atoms with Gasteiger partial charge in [0.05, 0.1) is 5.56 Å². The van der Waals surface area contributed by atoms with Gasteiger partial charge in [0.2, 0.25) is 0 Å². The van der Waals surface area contributed by atoms with Gasteiger partial charge in [-0.1, -0.05) is 32.6 Å². The number of rotatable bonds is 3. The number of hydrogen-bond acceptors (Lipinski definition) is 3. The molecule has 0 aliphatic carbocycles. The summed E-state index contributed by atoms with van der Waals surface area (Å²) < 4.78 is 4.80. The molecule has 0 bridgehead atoms. The van der Waals surface area contributed by atoms with Crippen LogP contribution in [0.15, 0.2) is 36.9 Å². The highest BCUT2D eigenvalue weighted by Crippen LogP contribution is 2.15. The average molecular weight is 206 g/mol. The van der Waals surface area contributed by atoms with E-state index in [1.165, 1.54) is 0 Å². The highest BCUT2D eigenvalue weighted by atomic mass is 16.5. The fourth-order valence-electron chi connectivity index (χ4n) is 0.821. The molecule has 0 aliphatic rings. The fraction of sp³-hybridized carbons (Fsp3) is 0.167. The van der Waals surface area contributed by atoms with Crippen molar-refractivity contribution in [1.82, 2.24) is 0 Å². The first-order valence-corrected chi connectivity index (χ1v) is 4.66. The highest BCUT2D eigenvalue weighted by molar-refractivity contribution is 5.86. The monoisotopic (exact) mass is 206 g/mol. The third kappa shape index (κ3) is 4.22. The van der Waals surface area contributed by atoms with E-state index in [-0.39, 0.29) is 5.75 Å². The number of aldehydes is 1. The zero-order valence-corrected chi connectivity index (χ0v) is 8.90. The molecule has 15 heavy (non-hydrogen) atoms. The van der Waals surface area contributed by atoms with Crippen molar-refractivity contribution in [3.63, 3.8) is 0 Å². The van der Waals surface area contributed by atoms with Crippen LogP contribution >= 0.6 is 0 Å². The van der Waals surface area contributed by atoms with E-state index in [1.54, 1.807) is 24.3 Å². The van der Waals surface area contributed by atoms with Crippen LogP contribution in [0.4, 0.5) is 0 Å². The quantitative estimate of drug-likeness (QED) is 0.330. The third-order valence-electron chi connectivity index (χ3n) is 1.42. The van der Waals surface area contributed by atoms with E-state index in [1.807, 2.05) is 13.8 Å². The minimum atomic E-state index is -0.575. The smallest absolute Gasteiger partial charge is 0.335 e. The molecular formula is C12H14O3. The lowest BCUT2D eigenvalue weighted by Crippen LogP contribution is -2.04. The van der Waals surface area contributed by atoms with Gasteiger partial charge in [0.1, 0.15) is 5.75 Å². The van der Waals surface area contributed by atoms with E-state index in [0.717, 1.165) is 6.08 Å². The molecule has 0 saturated carbocycles. The third-order valence-corrected chi connectivity index (χ3v) is 1.42. The van der Waals surface area contributed by atoms with Crippen molar-refractivity contribution in [2.24, 2.45) is 0 Å². The van der Waals surface area contributed by atoms with Crippen molar-refractivity contribution in [2.75, 3.05) is 0 Å². The number of carbonyl (C=O) groups is 2. The Morgan fingerprint density at radius 3 is 2.47 bits per heavy atom. The molecule has 80 valence electrons. The molecule has 0 atom stereocenters. The van der Waals surface area contributed by atoms with Crippen molar-refractivity contribution in [3.8, 4) is 5.75 Å². The maximum absolute atomic E-state index is 10.8. The fourth-order valence-corrected chi connectivity index (χ4v) is 0.821. The first-order valence-electron chi connectivity index (χ1n) is 4.66. The molecule has 0 aliphatic heterocycles. The minimum absolute atomic E-state index is 0.252. The number of esters is 1. The predicted molar refractivity (Wildman–Crippen MR) is 59.0 cm³/mol. The number of para-hydroxylation sites is 1. The van der Waals surface area contributed by atoms with Crippen molar-refractivity contribution < 1.29 is 14.3 Å². The van der Waals surface area contributed by atoms with E-state index < -0.39 is 5.97 Å². The van der Waals surface area contributed by atoms with E-state index in [9.17, 15) is 9.59 Å². The van der Waals surface area contributed by atoms with Crippen LogP contribution < -0.4 is 4.74 Å². The summed E-state index contributed by atoms with van der Waals surface area (Å²) in [5, 5.41) is 0. The molecule has 0 spiro atoms. The average Bonchev–Trinajstić information content (AvgIpc) is 2.32. The maximum atomic E-state index is 10.8. The van der Waals surface area contributed by atoms with Crippen molar-refractivity contribution >= 4 is 12.3 Å². The Bertz CT molecular complexity index is 342. The van der Waals surface area contributed by atoms with Gasteiger partial charge in [-0.3, -0.25) is 4.79 Å². The molecule has 1 aromatic carbocycles. The van der Waals surface area contributed by atoms with Gasteiger partial charge >= 0.3 is 5.97 Å². The number of carbonyl (C=O) groups excluding carboxylic acids is 2. The number of ether oxygens (including phenoxy) is 1. The summed E-state index contributed by atoms with van der Waals surface area (Å²) in [7, 11) is 0. The summed E-state index contributed by atoms with van der Waals surface area (Å²) in [6, 6.07) is 6.48. The second-order valence-electron chi connectivity index (χ2n) is 2.28. The van der Waals surface area contributed by atoms with Crippen LogP contribution in [0.25, 0.3) is 0 Å². The number of hydrogen-bond donors (Lipinski definition) is 0. The zero-order valence-electron chi connectivity index (χ0n) is 8.90. The predicted octanol–water partition coefficient (Wildman–Crippen LogP) is 2.62. The van der Waals surface area contributed by atoms with Gasteiger partial charge in [-0.25, -0.2) is 4.79 Å². The van der Waals surface area contributed by atoms with Gasteiger partial charge in [0.25, 0.3) is 0 Å². The van der Waals surface area contributed by atoms with E-state index in [2.05, 4.69) is 6.58 Å². The summed E-state index contributed by atoms with van der Waals surface area (Å²) in [6.45, 7) is 7.25. The SMILES string of the molecule is C=CC(=O)Oc1ccccc1C=O.CC. The van der Waals surface area contributed by atoms with Crippen LogP contribution in [0, 0.1) is 0 Å². The van der Waals surface area contributed by atoms with Gasteiger partial charge in [-0.2, -0.15) is 0 Å². The summed E-state index contributed by atoms with van der Waals surface area (Å²) >= 11 is 0. The van der Waals surface area contributed by atoms with Crippen molar-refractivity contribution in [1.29, 1.82) is 0 Å². The molecule has 0 fully saturated rings. The van der Waals surface area contributed by atoms with Gasteiger partial charge in [-0.05, 0) is 12.1 Å². The molecule has 1 aromatic rings. The minimum Gasteiger partial charge on any atom is -0.423 e. The molecule has 0 unspecified atom stereocenters. The molecule has 0 amide bonds. The standard InChI is InChI=1S/C10H8O3.C2H6/c1-2-10(12)13-9-6-4-3-5-8(9)7-11;1-2/h2-7H,1H2;1-2H3. The Morgan fingerprint density at radius 2 is 1.93 bits per heavy atom. The Labute approximate surface area is 89.4 Å². The van der Waals surface area contributed by atoms with E-state index in [4.69, 9.17) is 4.74 Å². The Balaban J connectivity index is 0.000000921. The van der Waals surface area contributed by atoms with Crippen LogP contribution in [-0.2, 0) is 4.79 Å². The van der Waals surface area contributed by atoms with Gasteiger partial charge in [-0.15, -0.1) is 0 Å². The van der Waals surface area contributed by atoms with Crippen LogP contribution in [0.1, 0.15) is 24.2 Å². The lowest BCUT2D eigenvalue weighted by molar-refractivity contribution is -0.128. The van der Waals surface area contributed by atoms with E-state index >= 15 is 0 Å². The first-order chi connectivity index (χ1) is 7.27. The Kier molecular flexibility index (Phi) is 6.55. The van der Waals surface area contributed by atoms with Crippen LogP contribution in [0.2, 0.25) is 0 Å². The van der Waals surface area contributed by atoms with Crippen LogP contribution in [-0.4, -0.2) is 12.3 Å².